The van der Waals surface area contributed by atoms with Crippen molar-refractivity contribution < 1.29 is 13.5 Å². The van der Waals surface area contributed by atoms with E-state index in [-0.39, 0.29) is 22.9 Å². The molecule has 7 heteroatoms. The number of phenolic OH excluding ortho intramolecular Hbond substituents is 1. The quantitative estimate of drug-likeness (QED) is 0.845. The Kier molecular flexibility index (Phi) is 4.41. The lowest BCUT2D eigenvalue weighted by atomic mass is 10.2. The van der Waals surface area contributed by atoms with Gasteiger partial charge in [-0.15, -0.1) is 0 Å². The molecule has 3 N–H and O–H groups in total. The molecule has 2 rings (SSSR count). The van der Waals surface area contributed by atoms with E-state index in [1.165, 1.54) is 37.4 Å². The normalized spacial score (nSPS) is 11.8. The molecule has 0 radical (unpaired) electrons. The molecule has 0 atom stereocenters. The molecule has 21 heavy (non-hydrogen) atoms. The maximum atomic E-state index is 12.5. The molecule has 0 aromatic heterocycles. The third-order valence-electron chi connectivity index (χ3n) is 2.98. The number of hydrogen-bond acceptors (Lipinski definition) is 4. The highest BCUT2D eigenvalue weighted by Crippen LogP contribution is 2.26. The molecule has 0 aliphatic carbocycles. The van der Waals surface area contributed by atoms with E-state index in [4.69, 9.17) is 17.3 Å². The molecule has 5 nitrogen and oxygen atoms in total. The van der Waals surface area contributed by atoms with Gasteiger partial charge in [0.15, 0.2) is 0 Å². The molecule has 0 spiro atoms. The monoisotopic (exact) mass is 326 g/mol. The largest absolute Gasteiger partial charge is 0.508 e. The fraction of sp³-hybridized carbons (Fsp3) is 0.143. The first-order valence-electron chi connectivity index (χ1n) is 6.10. The van der Waals surface area contributed by atoms with Gasteiger partial charge in [-0.2, -0.15) is 4.31 Å². The van der Waals surface area contributed by atoms with Gasteiger partial charge in [-0.1, -0.05) is 23.7 Å². The Morgan fingerprint density at radius 1 is 1.24 bits per heavy atom. The molecule has 0 aliphatic heterocycles. The minimum Gasteiger partial charge on any atom is -0.508 e. The van der Waals surface area contributed by atoms with Gasteiger partial charge in [0.05, 0.1) is 5.69 Å². The number of rotatable bonds is 4. The molecule has 0 saturated carbocycles. The predicted molar refractivity (Wildman–Crippen MR) is 82.6 cm³/mol. The first kappa shape index (κ1) is 15.6. The number of nitrogens with zero attached hydrogens (tertiary/aromatic N) is 1. The van der Waals surface area contributed by atoms with Gasteiger partial charge in [-0.3, -0.25) is 0 Å². The number of hydrogen-bond donors (Lipinski definition) is 2. The maximum absolute atomic E-state index is 12.5. The van der Waals surface area contributed by atoms with E-state index in [9.17, 15) is 13.5 Å². The molecule has 0 saturated heterocycles. The molecular formula is C14H15ClN2O3S. The van der Waals surface area contributed by atoms with E-state index in [2.05, 4.69) is 0 Å². The van der Waals surface area contributed by atoms with Crippen LogP contribution in [-0.4, -0.2) is 24.9 Å². The minimum atomic E-state index is -3.76. The lowest BCUT2D eigenvalue weighted by Gasteiger charge is -2.18. The maximum Gasteiger partial charge on any atom is 0.245 e. The molecule has 0 fully saturated rings. The molecule has 0 unspecified atom stereocenters. The molecule has 0 aliphatic rings. The summed E-state index contributed by atoms with van der Waals surface area (Å²) >= 11 is 5.84. The summed E-state index contributed by atoms with van der Waals surface area (Å²) in [5.74, 6) is 0.0839. The Morgan fingerprint density at radius 2 is 1.95 bits per heavy atom. The van der Waals surface area contributed by atoms with Crippen molar-refractivity contribution in [1.82, 2.24) is 4.31 Å². The summed E-state index contributed by atoms with van der Waals surface area (Å²) in [6.07, 6.45) is 0. The fourth-order valence-corrected chi connectivity index (χ4v) is 3.43. The summed E-state index contributed by atoms with van der Waals surface area (Å²) in [7, 11) is -2.32. The molecule has 0 heterocycles. The summed E-state index contributed by atoms with van der Waals surface area (Å²) in [4.78, 5) is -0.0300. The van der Waals surface area contributed by atoms with Crippen molar-refractivity contribution in [2.45, 2.75) is 11.4 Å². The van der Waals surface area contributed by atoms with Gasteiger partial charge in [0.2, 0.25) is 10.0 Å². The van der Waals surface area contributed by atoms with Crippen molar-refractivity contribution in [2.24, 2.45) is 0 Å². The van der Waals surface area contributed by atoms with Gasteiger partial charge in [-0.25, -0.2) is 8.42 Å². The Bertz CT molecular complexity index is 763. The number of halogens is 1. The van der Waals surface area contributed by atoms with Crippen molar-refractivity contribution in [3.8, 4) is 5.75 Å². The van der Waals surface area contributed by atoms with Crippen LogP contribution in [0.25, 0.3) is 0 Å². The van der Waals surface area contributed by atoms with Gasteiger partial charge in [0.1, 0.15) is 10.6 Å². The number of anilines is 1. The summed E-state index contributed by atoms with van der Waals surface area (Å²) < 4.78 is 26.2. The van der Waals surface area contributed by atoms with Crippen LogP contribution in [0.1, 0.15) is 5.56 Å². The van der Waals surface area contributed by atoms with Crippen molar-refractivity contribution in [3.05, 3.63) is 53.1 Å². The van der Waals surface area contributed by atoms with Crippen LogP contribution < -0.4 is 5.73 Å². The Morgan fingerprint density at radius 3 is 2.62 bits per heavy atom. The smallest absolute Gasteiger partial charge is 0.245 e. The molecule has 0 amide bonds. The number of phenols is 1. The van der Waals surface area contributed by atoms with Crippen LogP contribution in [0, 0.1) is 0 Å². The van der Waals surface area contributed by atoms with Crippen molar-refractivity contribution in [3.63, 3.8) is 0 Å². The van der Waals surface area contributed by atoms with Crippen LogP contribution in [0.5, 0.6) is 5.75 Å². The zero-order valence-corrected chi connectivity index (χ0v) is 12.9. The van der Waals surface area contributed by atoms with Gasteiger partial charge >= 0.3 is 0 Å². The zero-order valence-electron chi connectivity index (χ0n) is 11.3. The van der Waals surface area contributed by atoms with Crippen molar-refractivity contribution in [1.29, 1.82) is 0 Å². The van der Waals surface area contributed by atoms with Crippen LogP contribution >= 0.6 is 11.6 Å². The average molecular weight is 327 g/mol. The molecular weight excluding hydrogens is 312 g/mol. The molecule has 0 bridgehead atoms. The number of benzene rings is 2. The fourth-order valence-electron chi connectivity index (χ4n) is 1.90. The Balaban J connectivity index is 2.33. The van der Waals surface area contributed by atoms with Crippen LogP contribution in [0.2, 0.25) is 5.02 Å². The third-order valence-corrected chi connectivity index (χ3v) is 5.07. The van der Waals surface area contributed by atoms with E-state index in [1.807, 2.05) is 0 Å². The van der Waals surface area contributed by atoms with Crippen LogP contribution in [-0.2, 0) is 16.6 Å². The molecule has 2 aromatic carbocycles. The average Bonchev–Trinajstić information content (AvgIpc) is 2.41. The van der Waals surface area contributed by atoms with Crippen LogP contribution in [0.3, 0.4) is 0 Å². The standard InChI is InChI=1S/C14H15ClN2O3S/c1-17(9-10-3-2-4-12(18)7-10)21(19,20)14-8-11(15)5-6-13(14)16/h2-8,18H,9,16H2,1H3. The van der Waals surface area contributed by atoms with Gasteiger partial charge in [0.25, 0.3) is 0 Å². The molecule has 2 aromatic rings. The Labute approximate surface area is 128 Å². The van der Waals surface area contributed by atoms with Crippen LogP contribution in [0.4, 0.5) is 5.69 Å². The minimum absolute atomic E-state index is 0.0300. The van der Waals surface area contributed by atoms with Crippen molar-refractivity contribution in [2.75, 3.05) is 12.8 Å². The first-order chi connectivity index (χ1) is 9.80. The predicted octanol–water partition coefficient (Wildman–Crippen LogP) is 2.45. The second-order valence-electron chi connectivity index (χ2n) is 4.61. The SMILES string of the molecule is CN(Cc1cccc(O)c1)S(=O)(=O)c1cc(Cl)ccc1N. The van der Waals surface area contributed by atoms with E-state index < -0.39 is 10.0 Å². The summed E-state index contributed by atoms with van der Waals surface area (Å²) in [5.41, 5.74) is 6.54. The molecule has 112 valence electrons. The highest BCUT2D eigenvalue weighted by molar-refractivity contribution is 7.89. The van der Waals surface area contributed by atoms with E-state index >= 15 is 0 Å². The summed E-state index contributed by atoms with van der Waals surface area (Å²) in [6.45, 7) is 0.114. The van der Waals surface area contributed by atoms with E-state index in [0.29, 0.717) is 10.6 Å². The van der Waals surface area contributed by atoms with Crippen LogP contribution in [0.15, 0.2) is 47.4 Å². The third kappa shape index (κ3) is 3.47. The van der Waals surface area contributed by atoms with E-state index in [1.54, 1.807) is 12.1 Å². The topological polar surface area (TPSA) is 83.6 Å². The number of nitrogens with two attached hydrogens (primary N) is 1. The highest BCUT2D eigenvalue weighted by atomic mass is 35.5. The second-order valence-corrected chi connectivity index (χ2v) is 7.06. The van der Waals surface area contributed by atoms with E-state index in [0.717, 1.165) is 4.31 Å². The lowest BCUT2D eigenvalue weighted by molar-refractivity contribution is 0.458. The zero-order chi connectivity index (χ0) is 15.6. The van der Waals surface area contributed by atoms with Gasteiger partial charge < -0.3 is 10.8 Å². The van der Waals surface area contributed by atoms with Gasteiger partial charge in [-0.05, 0) is 35.9 Å². The number of aromatic hydroxyl groups is 1. The van der Waals surface area contributed by atoms with Crippen molar-refractivity contribution >= 4 is 27.3 Å². The second kappa shape index (κ2) is 5.93. The summed E-state index contributed by atoms with van der Waals surface area (Å²) in [5, 5.41) is 9.72. The van der Waals surface area contributed by atoms with Gasteiger partial charge in [0, 0.05) is 18.6 Å². The Hall–Kier alpha value is -1.76. The highest BCUT2D eigenvalue weighted by Gasteiger charge is 2.23. The lowest BCUT2D eigenvalue weighted by Crippen LogP contribution is -2.27. The first-order valence-corrected chi connectivity index (χ1v) is 7.92. The number of sulfonamides is 1. The number of nitrogen functional groups attached to an aromatic ring is 1. The summed E-state index contributed by atoms with van der Waals surface area (Å²) in [6, 6.07) is 10.7.